The molecule has 0 radical (unpaired) electrons. The van der Waals surface area contributed by atoms with Crippen LogP contribution >= 0.6 is 0 Å². The molecule has 0 bridgehead atoms. The first-order chi connectivity index (χ1) is 13.8. The molecule has 0 N–H and O–H groups in total. The predicted molar refractivity (Wildman–Crippen MR) is 123 cm³/mol. The number of hydrogen-bond donors (Lipinski definition) is 0. The molecule has 3 aromatic carbocycles. The van der Waals surface area contributed by atoms with Crippen molar-refractivity contribution in [2.75, 3.05) is 0 Å². The highest BCUT2D eigenvalue weighted by Gasteiger charge is 1.99. The molecule has 0 amide bonds. The summed E-state index contributed by atoms with van der Waals surface area (Å²) in [5, 5.41) is 1.20. The van der Waals surface area contributed by atoms with Crippen LogP contribution in [0.25, 0.3) is 34.2 Å². The molecular formula is C27H27N. The van der Waals surface area contributed by atoms with Gasteiger partial charge in [-0.05, 0) is 52.9 Å². The lowest BCUT2D eigenvalue weighted by molar-refractivity contribution is 1.14. The molecule has 0 saturated carbocycles. The summed E-state index contributed by atoms with van der Waals surface area (Å²) in [5.74, 6) is 0. The molecule has 0 spiro atoms. The molecule has 4 aromatic rings. The van der Waals surface area contributed by atoms with Crippen LogP contribution in [0.15, 0.2) is 84.9 Å². The van der Waals surface area contributed by atoms with Crippen molar-refractivity contribution in [2.24, 2.45) is 0 Å². The van der Waals surface area contributed by atoms with Crippen LogP contribution in [-0.2, 0) is 6.42 Å². The van der Waals surface area contributed by atoms with Gasteiger partial charge in [-0.15, -0.1) is 0 Å². The molecule has 0 unspecified atom stereocenters. The third kappa shape index (κ3) is 4.75. The minimum absolute atomic E-state index is 0.980. The first-order valence-corrected chi connectivity index (χ1v) is 10.0. The van der Waals surface area contributed by atoms with Crippen LogP contribution in [0.1, 0.15) is 37.6 Å². The van der Waals surface area contributed by atoms with Gasteiger partial charge in [0.15, 0.2) is 0 Å². The summed E-state index contributed by atoms with van der Waals surface area (Å²) in [5.41, 5.74) is 7.02. The largest absolute Gasteiger partial charge is 0.248 e. The normalized spacial score (nSPS) is 10.7. The quantitative estimate of drug-likeness (QED) is 0.362. The molecule has 0 aliphatic heterocycles. The maximum absolute atomic E-state index is 4.74. The van der Waals surface area contributed by atoms with Gasteiger partial charge in [0.05, 0.1) is 11.2 Å². The van der Waals surface area contributed by atoms with Gasteiger partial charge in [0, 0.05) is 5.39 Å². The van der Waals surface area contributed by atoms with Crippen LogP contribution in [-0.4, -0.2) is 4.98 Å². The Labute approximate surface area is 168 Å². The number of aryl methyl sites for hydroxylation is 1. The van der Waals surface area contributed by atoms with E-state index in [-0.39, 0.29) is 0 Å². The van der Waals surface area contributed by atoms with E-state index in [1.807, 2.05) is 19.9 Å². The van der Waals surface area contributed by atoms with E-state index in [0.717, 1.165) is 17.6 Å². The first kappa shape index (κ1) is 19.6. The van der Waals surface area contributed by atoms with Crippen LogP contribution in [0, 0.1) is 0 Å². The molecule has 0 fully saturated rings. The molecule has 0 aliphatic rings. The topological polar surface area (TPSA) is 12.9 Å². The van der Waals surface area contributed by atoms with Crippen molar-refractivity contribution in [1.82, 2.24) is 4.98 Å². The maximum Gasteiger partial charge on any atom is 0.0709 e. The highest BCUT2D eigenvalue weighted by Crippen LogP contribution is 2.20. The van der Waals surface area contributed by atoms with Gasteiger partial charge in [-0.2, -0.15) is 0 Å². The van der Waals surface area contributed by atoms with Crippen LogP contribution in [0.4, 0.5) is 0 Å². The molecule has 1 nitrogen and oxygen atoms in total. The van der Waals surface area contributed by atoms with E-state index in [4.69, 9.17) is 4.98 Å². The number of rotatable bonds is 4. The Morgan fingerprint density at radius 2 is 1.43 bits per heavy atom. The molecule has 140 valence electrons. The van der Waals surface area contributed by atoms with E-state index >= 15 is 0 Å². The van der Waals surface area contributed by atoms with Gasteiger partial charge in [0.2, 0.25) is 0 Å². The average Bonchev–Trinajstić information content (AvgIpc) is 2.79. The average molecular weight is 366 g/mol. The molecule has 4 rings (SSSR count). The lowest BCUT2D eigenvalue weighted by Gasteiger charge is -2.03. The third-order valence-electron chi connectivity index (χ3n) is 4.65. The van der Waals surface area contributed by atoms with Gasteiger partial charge < -0.3 is 0 Å². The van der Waals surface area contributed by atoms with Gasteiger partial charge >= 0.3 is 0 Å². The zero-order valence-electron chi connectivity index (χ0n) is 16.9. The highest BCUT2D eigenvalue weighted by molar-refractivity contribution is 5.81. The summed E-state index contributed by atoms with van der Waals surface area (Å²) in [6.45, 7) is 6.18. The van der Waals surface area contributed by atoms with Crippen molar-refractivity contribution in [3.05, 3.63) is 102 Å². The second kappa shape index (κ2) is 9.66. The van der Waals surface area contributed by atoms with E-state index in [2.05, 4.69) is 97.9 Å². The summed E-state index contributed by atoms with van der Waals surface area (Å²) in [7, 11) is 0. The van der Waals surface area contributed by atoms with E-state index in [9.17, 15) is 0 Å². The standard InChI is InChI=1S/C25H21N.C2H6/c1-2-19-11-17-25-23(18-19)14-16-24(26-25)15-10-20-8-12-22(13-9-20)21-6-4-3-5-7-21;1-2/h3-18H,2H2,1H3;1-2H3/b15-10+;. The Kier molecular flexibility index (Phi) is 6.75. The molecule has 1 heterocycles. The summed E-state index contributed by atoms with van der Waals surface area (Å²) < 4.78 is 0. The predicted octanol–water partition coefficient (Wildman–Crippen LogP) is 7.66. The zero-order valence-corrected chi connectivity index (χ0v) is 16.9. The Hall–Kier alpha value is -3.19. The minimum Gasteiger partial charge on any atom is -0.248 e. The van der Waals surface area contributed by atoms with E-state index in [0.29, 0.717) is 0 Å². The Balaban J connectivity index is 0.00000109. The Morgan fingerprint density at radius 1 is 0.714 bits per heavy atom. The maximum atomic E-state index is 4.74. The monoisotopic (exact) mass is 365 g/mol. The number of hydrogen-bond acceptors (Lipinski definition) is 1. The van der Waals surface area contributed by atoms with Gasteiger partial charge in [0.25, 0.3) is 0 Å². The number of fused-ring (bicyclic) bond motifs is 1. The van der Waals surface area contributed by atoms with Gasteiger partial charge in [0.1, 0.15) is 0 Å². The number of aromatic nitrogens is 1. The van der Waals surface area contributed by atoms with Crippen molar-refractivity contribution in [1.29, 1.82) is 0 Å². The second-order valence-electron chi connectivity index (χ2n) is 6.44. The van der Waals surface area contributed by atoms with Crippen molar-refractivity contribution in [2.45, 2.75) is 27.2 Å². The molecule has 0 aliphatic carbocycles. The molecule has 0 atom stereocenters. The van der Waals surface area contributed by atoms with Crippen molar-refractivity contribution in [3.8, 4) is 11.1 Å². The summed E-state index contributed by atoms with van der Waals surface area (Å²) in [4.78, 5) is 4.74. The molecule has 28 heavy (non-hydrogen) atoms. The van der Waals surface area contributed by atoms with Crippen molar-refractivity contribution >= 4 is 23.1 Å². The molecular weight excluding hydrogens is 338 g/mol. The molecule has 0 saturated heterocycles. The van der Waals surface area contributed by atoms with E-state index in [1.54, 1.807) is 0 Å². The van der Waals surface area contributed by atoms with Gasteiger partial charge in [-0.3, -0.25) is 0 Å². The van der Waals surface area contributed by atoms with Gasteiger partial charge in [-0.25, -0.2) is 4.98 Å². The zero-order chi connectivity index (χ0) is 19.8. The van der Waals surface area contributed by atoms with Crippen LogP contribution in [0.5, 0.6) is 0 Å². The fourth-order valence-corrected chi connectivity index (χ4v) is 3.10. The van der Waals surface area contributed by atoms with Crippen LogP contribution in [0.2, 0.25) is 0 Å². The second-order valence-corrected chi connectivity index (χ2v) is 6.44. The van der Waals surface area contributed by atoms with E-state index < -0.39 is 0 Å². The number of pyridine rings is 1. The molecule has 1 heteroatoms. The fraction of sp³-hybridized carbons (Fsp3) is 0.148. The van der Waals surface area contributed by atoms with Crippen LogP contribution < -0.4 is 0 Å². The first-order valence-electron chi connectivity index (χ1n) is 10.0. The van der Waals surface area contributed by atoms with Gasteiger partial charge in [-0.1, -0.05) is 93.6 Å². The Bertz CT molecular complexity index is 1040. The fourth-order valence-electron chi connectivity index (χ4n) is 3.10. The lowest BCUT2D eigenvalue weighted by atomic mass is 10.0. The SMILES string of the molecule is CC.CCc1ccc2nc(/C=C/c3ccc(-c4ccccc4)cc3)ccc2c1. The number of nitrogens with zero attached hydrogens (tertiary/aromatic N) is 1. The van der Waals surface area contributed by atoms with Crippen molar-refractivity contribution < 1.29 is 0 Å². The summed E-state index contributed by atoms with van der Waals surface area (Å²) in [6.07, 6.45) is 5.24. The smallest absolute Gasteiger partial charge is 0.0709 e. The highest BCUT2D eigenvalue weighted by atomic mass is 14.7. The third-order valence-corrected chi connectivity index (χ3v) is 4.65. The van der Waals surface area contributed by atoms with Crippen LogP contribution in [0.3, 0.4) is 0 Å². The summed E-state index contributed by atoms with van der Waals surface area (Å²) >= 11 is 0. The minimum atomic E-state index is 0.980. The van der Waals surface area contributed by atoms with E-state index in [1.165, 1.54) is 27.6 Å². The number of benzene rings is 3. The Morgan fingerprint density at radius 3 is 2.14 bits per heavy atom. The molecule has 1 aromatic heterocycles. The summed E-state index contributed by atoms with van der Waals surface area (Å²) in [6, 6.07) is 29.8. The van der Waals surface area contributed by atoms with Crippen molar-refractivity contribution in [3.63, 3.8) is 0 Å². The lowest BCUT2D eigenvalue weighted by Crippen LogP contribution is -1.86.